The summed E-state index contributed by atoms with van der Waals surface area (Å²) in [5, 5.41) is 9.17. The standard InChI is InChI=1S/C21H28N4OS/c1-2-16-8-6-7-11-19(16)24-15-22-23-21(24)27-14-20(26)25(18-12-13-18)17-9-4-3-5-10-17/h6-8,11,15,17-18H,2-5,9-10,12-14H2,1H3. The molecule has 1 aromatic carbocycles. The van der Waals surface area contributed by atoms with Crippen molar-refractivity contribution in [3.63, 3.8) is 0 Å². The number of rotatable bonds is 7. The van der Waals surface area contributed by atoms with E-state index in [0.717, 1.165) is 17.3 Å². The maximum atomic E-state index is 13.0. The quantitative estimate of drug-likeness (QED) is 0.670. The third-order valence-corrected chi connectivity index (χ3v) is 6.60. The van der Waals surface area contributed by atoms with Gasteiger partial charge in [-0.2, -0.15) is 0 Å². The van der Waals surface area contributed by atoms with E-state index < -0.39 is 0 Å². The third-order valence-electron chi connectivity index (χ3n) is 5.67. The Kier molecular flexibility index (Phi) is 5.81. The molecular formula is C21H28N4OS. The number of hydrogen-bond donors (Lipinski definition) is 0. The first-order valence-corrected chi connectivity index (χ1v) is 11.2. The lowest BCUT2D eigenvalue weighted by molar-refractivity contribution is -0.132. The number of aromatic nitrogens is 3. The van der Waals surface area contributed by atoms with Crippen molar-refractivity contribution in [1.82, 2.24) is 19.7 Å². The van der Waals surface area contributed by atoms with Crippen molar-refractivity contribution >= 4 is 17.7 Å². The van der Waals surface area contributed by atoms with Gasteiger partial charge < -0.3 is 4.90 Å². The largest absolute Gasteiger partial charge is 0.336 e. The Bertz CT molecular complexity index is 780. The lowest BCUT2D eigenvalue weighted by atomic mass is 9.94. The molecule has 2 aliphatic rings. The number of amides is 1. The zero-order chi connectivity index (χ0) is 18.6. The lowest BCUT2D eigenvalue weighted by Crippen LogP contribution is -2.44. The van der Waals surface area contributed by atoms with Gasteiger partial charge >= 0.3 is 0 Å². The van der Waals surface area contributed by atoms with Gasteiger partial charge in [-0.3, -0.25) is 9.36 Å². The Balaban J connectivity index is 1.46. The van der Waals surface area contributed by atoms with Gasteiger partial charge in [0.1, 0.15) is 6.33 Å². The SMILES string of the molecule is CCc1ccccc1-n1cnnc1SCC(=O)N(C1CCCCC1)C1CC1. The van der Waals surface area contributed by atoms with Gasteiger partial charge in [-0.15, -0.1) is 10.2 Å². The maximum absolute atomic E-state index is 13.0. The van der Waals surface area contributed by atoms with E-state index in [1.54, 1.807) is 6.33 Å². The number of nitrogens with zero attached hydrogens (tertiary/aromatic N) is 4. The molecule has 5 nitrogen and oxygen atoms in total. The van der Waals surface area contributed by atoms with Crippen LogP contribution in [0.25, 0.3) is 5.69 Å². The molecule has 27 heavy (non-hydrogen) atoms. The van der Waals surface area contributed by atoms with Crippen LogP contribution in [0, 0.1) is 0 Å². The van der Waals surface area contributed by atoms with Gasteiger partial charge in [-0.05, 0) is 43.7 Å². The minimum Gasteiger partial charge on any atom is -0.336 e. The molecule has 0 saturated heterocycles. The van der Waals surface area contributed by atoms with E-state index in [1.807, 2.05) is 10.6 Å². The van der Waals surface area contributed by atoms with Crippen molar-refractivity contribution in [3.8, 4) is 5.69 Å². The Labute approximate surface area is 165 Å². The minimum absolute atomic E-state index is 0.271. The van der Waals surface area contributed by atoms with Gasteiger partial charge in [0.2, 0.25) is 5.91 Å². The molecule has 2 saturated carbocycles. The number of aryl methyl sites for hydroxylation is 1. The van der Waals surface area contributed by atoms with Gasteiger partial charge in [0.15, 0.2) is 5.16 Å². The second-order valence-electron chi connectivity index (χ2n) is 7.58. The molecule has 1 aromatic heterocycles. The normalized spacial score (nSPS) is 17.8. The van der Waals surface area contributed by atoms with Gasteiger partial charge in [0.05, 0.1) is 11.4 Å². The summed E-state index contributed by atoms with van der Waals surface area (Å²) in [6.07, 6.45) is 11.2. The van der Waals surface area contributed by atoms with Crippen LogP contribution in [0.1, 0.15) is 57.4 Å². The fraction of sp³-hybridized carbons (Fsp3) is 0.571. The van der Waals surface area contributed by atoms with E-state index >= 15 is 0 Å². The number of para-hydroxylation sites is 1. The highest BCUT2D eigenvalue weighted by molar-refractivity contribution is 7.99. The summed E-state index contributed by atoms with van der Waals surface area (Å²) in [5.41, 5.74) is 2.36. The average molecular weight is 385 g/mol. The fourth-order valence-electron chi connectivity index (χ4n) is 4.15. The van der Waals surface area contributed by atoms with E-state index in [9.17, 15) is 4.79 Å². The molecule has 144 valence electrons. The first-order chi connectivity index (χ1) is 13.3. The molecule has 2 fully saturated rings. The Morgan fingerprint density at radius 1 is 1.15 bits per heavy atom. The summed E-state index contributed by atoms with van der Waals surface area (Å²) in [4.78, 5) is 15.3. The van der Waals surface area contributed by atoms with Crippen LogP contribution in [0.2, 0.25) is 0 Å². The molecule has 0 atom stereocenters. The van der Waals surface area contributed by atoms with Gasteiger partial charge in [-0.1, -0.05) is 56.1 Å². The summed E-state index contributed by atoms with van der Waals surface area (Å²) in [6.45, 7) is 2.15. The Morgan fingerprint density at radius 3 is 2.63 bits per heavy atom. The molecule has 2 aromatic rings. The molecule has 2 aliphatic carbocycles. The summed E-state index contributed by atoms with van der Waals surface area (Å²) in [6, 6.07) is 9.25. The average Bonchev–Trinajstić information content (AvgIpc) is 3.43. The van der Waals surface area contributed by atoms with Crippen molar-refractivity contribution in [3.05, 3.63) is 36.2 Å². The van der Waals surface area contributed by atoms with E-state index in [2.05, 4.69) is 40.2 Å². The van der Waals surface area contributed by atoms with Crippen molar-refractivity contribution in [1.29, 1.82) is 0 Å². The number of thioether (sulfide) groups is 1. The van der Waals surface area contributed by atoms with Crippen LogP contribution in [-0.4, -0.2) is 43.4 Å². The molecular weight excluding hydrogens is 356 g/mol. The molecule has 0 radical (unpaired) electrons. The zero-order valence-corrected chi connectivity index (χ0v) is 16.8. The topological polar surface area (TPSA) is 51.0 Å². The predicted molar refractivity (Wildman–Crippen MR) is 108 cm³/mol. The van der Waals surface area contributed by atoms with Crippen LogP contribution in [0.15, 0.2) is 35.7 Å². The number of carbonyl (C=O) groups excluding carboxylic acids is 1. The van der Waals surface area contributed by atoms with Gasteiger partial charge in [0, 0.05) is 12.1 Å². The number of hydrogen-bond acceptors (Lipinski definition) is 4. The van der Waals surface area contributed by atoms with Crippen molar-refractivity contribution in [2.45, 2.75) is 75.5 Å². The van der Waals surface area contributed by atoms with Gasteiger partial charge in [-0.25, -0.2) is 0 Å². The Morgan fingerprint density at radius 2 is 1.89 bits per heavy atom. The summed E-state index contributed by atoms with van der Waals surface area (Å²) in [5.74, 6) is 0.715. The molecule has 0 aliphatic heterocycles. The van der Waals surface area contributed by atoms with Crippen molar-refractivity contribution in [2.75, 3.05) is 5.75 Å². The summed E-state index contributed by atoms with van der Waals surface area (Å²) < 4.78 is 2.01. The third kappa shape index (κ3) is 4.21. The van der Waals surface area contributed by atoms with E-state index in [0.29, 0.717) is 17.8 Å². The predicted octanol–water partition coefficient (Wildman–Crippen LogP) is 4.25. The van der Waals surface area contributed by atoms with Crippen molar-refractivity contribution < 1.29 is 4.79 Å². The first kappa shape index (κ1) is 18.5. The maximum Gasteiger partial charge on any atom is 0.233 e. The van der Waals surface area contributed by atoms with Crippen LogP contribution < -0.4 is 0 Å². The highest BCUT2D eigenvalue weighted by Gasteiger charge is 2.37. The number of benzene rings is 1. The second kappa shape index (κ2) is 8.46. The number of carbonyl (C=O) groups is 1. The smallest absolute Gasteiger partial charge is 0.233 e. The Hall–Kier alpha value is -1.82. The minimum atomic E-state index is 0.271. The molecule has 0 bridgehead atoms. The second-order valence-corrected chi connectivity index (χ2v) is 8.52. The molecule has 1 heterocycles. The van der Waals surface area contributed by atoms with Gasteiger partial charge in [0.25, 0.3) is 0 Å². The molecule has 0 unspecified atom stereocenters. The molecule has 0 N–H and O–H groups in total. The zero-order valence-electron chi connectivity index (χ0n) is 16.0. The van der Waals surface area contributed by atoms with E-state index in [4.69, 9.17) is 0 Å². The van der Waals surface area contributed by atoms with E-state index in [1.165, 1.54) is 62.3 Å². The highest BCUT2D eigenvalue weighted by atomic mass is 32.2. The van der Waals surface area contributed by atoms with Crippen LogP contribution >= 0.6 is 11.8 Å². The highest BCUT2D eigenvalue weighted by Crippen LogP contribution is 2.34. The first-order valence-electron chi connectivity index (χ1n) is 10.2. The van der Waals surface area contributed by atoms with Crippen LogP contribution in [0.5, 0.6) is 0 Å². The monoisotopic (exact) mass is 384 g/mol. The summed E-state index contributed by atoms with van der Waals surface area (Å²) in [7, 11) is 0. The van der Waals surface area contributed by atoms with Crippen LogP contribution in [0.4, 0.5) is 0 Å². The molecule has 0 spiro atoms. The summed E-state index contributed by atoms with van der Waals surface area (Å²) >= 11 is 1.51. The molecule has 6 heteroatoms. The van der Waals surface area contributed by atoms with Crippen LogP contribution in [-0.2, 0) is 11.2 Å². The molecule has 4 rings (SSSR count). The fourth-order valence-corrected chi connectivity index (χ4v) is 4.94. The molecule has 1 amide bonds. The van der Waals surface area contributed by atoms with Crippen LogP contribution in [0.3, 0.4) is 0 Å². The van der Waals surface area contributed by atoms with E-state index in [-0.39, 0.29) is 5.91 Å². The van der Waals surface area contributed by atoms with Crippen molar-refractivity contribution in [2.24, 2.45) is 0 Å². The lowest BCUT2D eigenvalue weighted by Gasteiger charge is -2.34.